The molecule has 3 heteroatoms. The molecule has 1 aliphatic rings. The molecule has 1 aliphatic heterocycles. The predicted octanol–water partition coefficient (Wildman–Crippen LogP) is 1.72. The van der Waals surface area contributed by atoms with E-state index < -0.39 is 0 Å². The molecule has 0 aliphatic carbocycles. The van der Waals surface area contributed by atoms with E-state index in [4.69, 9.17) is 10.5 Å². The summed E-state index contributed by atoms with van der Waals surface area (Å²) >= 11 is 0. The Bertz CT molecular complexity index is 335. The van der Waals surface area contributed by atoms with Crippen molar-refractivity contribution in [1.29, 1.82) is 0 Å². The average Bonchev–Trinajstić information content (AvgIpc) is 2.66. The van der Waals surface area contributed by atoms with Gasteiger partial charge < -0.3 is 10.5 Å². The van der Waals surface area contributed by atoms with Crippen molar-refractivity contribution in [2.75, 3.05) is 6.61 Å². The van der Waals surface area contributed by atoms with Crippen LogP contribution in [0.3, 0.4) is 0 Å². The molecule has 1 atom stereocenters. The Hall–Kier alpha value is -1.51. The van der Waals surface area contributed by atoms with Gasteiger partial charge in [-0.1, -0.05) is 30.3 Å². The summed E-state index contributed by atoms with van der Waals surface area (Å²) in [6.07, 6.45) is 3.29. The van der Waals surface area contributed by atoms with E-state index in [1.54, 1.807) is 0 Å². The van der Waals surface area contributed by atoms with Crippen LogP contribution in [0.15, 0.2) is 35.3 Å². The molecule has 1 aromatic carbocycles. The highest BCUT2D eigenvalue weighted by Crippen LogP contribution is 2.11. The minimum Gasteiger partial charge on any atom is -0.463 e. The summed E-state index contributed by atoms with van der Waals surface area (Å²) in [5.74, 6) is 0. The molecular weight excluding hydrogens is 188 g/mol. The molecule has 0 radical (unpaired) electrons. The number of aryl methyl sites for hydroxylation is 1. The number of hydrogen-bond donors (Lipinski definition) is 1. The maximum Gasteiger partial charge on any atom is 0.282 e. The zero-order valence-electron chi connectivity index (χ0n) is 8.73. The minimum absolute atomic E-state index is 0.272. The Morgan fingerprint density at radius 1 is 1.33 bits per heavy atom. The molecule has 0 unspecified atom stereocenters. The number of amidine groups is 1. The van der Waals surface area contributed by atoms with Crippen LogP contribution in [0, 0.1) is 0 Å². The Morgan fingerprint density at radius 3 is 2.80 bits per heavy atom. The quantitative estimate of drug-likeness (QED) is 0.811. The third-order valence-corrected chi connectivity index (χ3v) is 2.58. The van der Waals surface area contributed by atoms with Gasteiger partial charge in [0.15, 0.2) is 0 Å². The fourth-order valence-electron chi connectivity index (χ4n) is 1.77. The first-order valence-electron chi connectivity index (χ1n) is 5.34. The Morgan fingerprint density at radius 2 is 2.13 bits per heavy atom. The second kappa shape index (κ2) is 4.82. The molecule has 0 spiro atoms. The van der Waals surface area contributed by atoms with Crippen molar-refractivity contribution >= 4 is 6.02 Å². The van der Waals surface area contributed by atoms with E-state index in [2.05, 4.69) is 29.3 Å². The highest BCUT2D eigenvalue weighted by atomic mass is 16.5. The molecule has 1 heterocycles. The maximum absolute atomic E-state index is 5.44. The van der Waals surface area contributed by atoms with E-state index in [0.717, 1.165) is 19.3 Å². The van der Waals surface area contributed by atoms with Crippen molar-refractivity contribution in [3.05, 3.63) is 35.9 Å². The number of rotatable bonds is 4. The molecule has 0 amide bonds. The first-order chi connectivity index (χ1) is 7.34. The molecule has 0 fully saturated rings. The number of ether oxygens (including phenoxy) is 1. The minimum atomic E-state index is 0.272. The smallest absolute Gasteiger partial charge is 0.282 e. The molecule has 2 rings (SSSR count). The molecule has 15 heavy (non-hydrogen) atoms. The zero-order chi connectivity index (χ0) is 10.5. The molecular formula is C12H16N2O. The van der Waals surface area contributed by atoms with Gasteiger partial charge >= 0.3 is 0 Å². The number of benzene rings is 1. The lowest BCUT2D eigenvalue weighted by Gasteiger charge is -2.04. The first-order valence-corrected chi connectivity index (χ1v) is 5.34. The number of nitrogens with two attached hydrogens (primary N) is 1. The lowest BCUT2D eigenvalue weighted by atomic mass is 10.1. The van der Waals surface area contributed by atoms with E-state index in [-0.39, 0.29) is 6.04 Å². The monoisotopic (exact) mass is 204 g/mol. The number of nitrogens with zero attached hydrogens (tertiary/aromatic N) is 1. The van der Waals surface area contributed by atoms with Crippen LogP contribution in [0.1, 0.15) is 18.4 Å². The summed E-state index contributed by atoms with van der Waals surface area (Å²) in [7, 11) is 0. The van der Waals surface area contributed by atoms with Gasteiger partial charge in [0.05, 0.1) is 6.04 Å². The lowest BCUT2D eigenvalue weighted by molar-refractivity contribution is 0.306. The van der Waals surface area contributed by atoms with E-state index in [1.165, 1.54) is 5.56 Å². The normalized spacial score (nSPS) is 19.7. The van der Waals surface area contributed by atoms with Crippen LogP contribution in [0.4, 0.5) is 0 Å². The summed E-state index contributed by atoms with van der Waals surface area (Å²) in [4.78, 5) is 4.19. The second-order valence-electron chi connectivity index (χ2n) is 3.81. The standard InChI is InChI=1S/C12H16N2O/c13-12-14-11(9-15-12)8-4-7-10-5-2-1-3-6-10/h1-3,5-6,11H,4,7-9H2,(H2,13,14)/t11-/m0/s1. The van der Waals surface area contributed by atoms with Gasteiger partial charge in [0.2, 0.25) is 0 Å². The largest absolute Gasteiger partial charge is 0.463 e. The lowest BCUT2D eigenvalue weighted by Crippen LogP contribution is -2.10. The van der Waals surface area contributed by atoms with Crippen molar-refractivity contribution in [2.45, 2.75) is 25.3 Å². The Balaban J connectivity index is 1.72. The van der Waals surface area contributed by atoms with Gasteiger partial charge in [0.25, 0.3) is 6.02 Å². The number of aliphatic imine (C=N–C) groups is 1. The van der Waals surface area contributed by atoms with Crippen molar-refractivity contribution in [3.8, 4) is 0 Å². The topological polar surface area (TPSA) is 47.6 Å². The van der Waals surface area contributed by atoms with Crippen LogP contribution >= 0.6 is 0 Å². The highest BCUT2D eigenvalue weighted by molar-refractivity contribution is 5.72. The van der Waals surface area contributed by atoms with Gasteiger partial charge in [-0.3, -0.25) is 0 Å². The van der Waals surface area contributed by atoms with Crippen LogP contribution in [0.2, 0.25) is 0 Å². The summed E-state index contributed by atoms with van der Waals surface area (Å²) in [5.41, 5.74) is 6.82. The Labute approximate surface area is 90.0 Å². The molecule has 2 N–H and O–H groups in total. The maximum atomic E-state index is 5.44. The predicted molar refractivity (Wildman–Crippen MR) is 60.7 cm³/mol. The molecule has 3 nitrogen and oxygen atoms in total. The van der Waals surface area contributed by atoms with Crippen molar-refractivity contribution in [2.24, 2.45) is 10.7 Å². The fourth-order valence-corrected chi connectivity index (χ4v) is 1.77. The molecule has 0 aromatic heterocycles. The molecule has 0 saturated carbocycles. The number of hydrogen-bond acceptors (Lipinski definition) is 3. The second-order valence-corrected chi connectivity index (χ2v) is 3.81. The summed E-state index contributed by atoms with van der Waals surface area (Å²) in [6.45, 7) is 0.653. The molecule has 1 aromatic rings. The van der Waals surface area contributed by atoms with E-state index in [0.29, 0.717) is 12.6 Å². The summed E-state index contributed by atoms with van der Waals surface area (Å²) in [5, 5.41) is 0. The molecule has 0 bridgehead atoms. The third-order valence-electron chi connectivity index (χ3n) is 2.58. The highest BCUT2D eigenvalue weighted by Gasteiger charge is 2.15. The van der Waals surface area contributed by atoms with Gasteiger partial charge in [-0.05, 0) is 24.8 Å². The van der Waals surface area contributed by atoms with Crippen molar-refractivity contribution < 1.29 is 4.74 Å². The summed E-state index contributed by atoms with van der Waals surface area (Å²) in [6, 6.07) is 11.1. The van der Waals surface area contributed by atoms with E-state index >= 15 is 0 Å². The zero-order valence-corrected chi connectivity index (χ0v) is 8.73. The van der Waals surface area contributed by atoms with Gasteiger partial charge in [-0.15, -0.1) is 0 Å². The first kappa shape index (κ1) is 10.0. The van der Waals surface area contributed by atoms with E-state index in [1.807, 2.05) is 6.07 Å². The average molecular weight is 204 g/mol. The van der Waals surface area contributed by atoms with E-state index in [9.17, 15) is 0 Å². The third kappa shape index (κ3) is 2.98. The molecule has 0 saturated heterocycles. The Kier molecular flexibility index (Phi) is 3.22. The van der Waals surface area contributed by atoms with Crippen molar-refractivity contribution in [3.63, 3.8) is 0 Å². The van der Waals surface area contributed by atoms with Crippen LogP contribution in [-0.4, -0.2) is 18.7 Å². The van der Waals surface area contributed by atoms with Crippen LogP contribution in [0.25, 0.3) is 0 Å². The molecule has 80 valence electrons. The summed E-state index contributed by atoms with van der Waals surface area (Å²) < 4.78 is 5.10. The fraction of sp³-hybridized carbons (Fsp3) is 0.417. The van der Waals surface area contributed by atoms with Crippen LogP contribution < -0.4 is 5.73 Å². The SMILES string of the molecule is NC1=N[C@@H](CCCc2ccccc2)CO1. The van der Waals surface area contributed by atoms with Gasteiger partial charge in [0.1, 0.15) is 6.61 Å². The van der Waals surface area contributed by atoms with Gasteiger partial charge in [-0.25, -0.2) is 4.99 Å². The van der Waals surface area contributed by atoms with Crippen molar-refractivity contribution in [1.82, 2.24) is 0 Å². The van der Waals surface area contributed by atoms with Crippen LogP contribution in [-0.2, 0) is 11.2 Å². The van der Waals surface area contributed by atoms with Gasteiger partial charge in [0, 0.05) is 0 Å². The van der Waals surface area contributed by atoms with Crippen LogP contribution in [0.5, 0.6) is 0 Å². The van der Waals surface area contributed by atoms with Gasteiger partial charge in [-0.2, -0.15) is 0 Å².